The highest BCUT2D eigenvalue weighted by Crippen LogP contribution is 2.13. The number of carbonyl (C=O) groups excluding carboxylic acids is 2. The summed E-state index contributed by atoms with van der Waals surface area (Å²) in [5, 5.41) is 0.244. The van der Waals surface area contributed by atoms with Crippen molar-refractivity contribution in [3.63, 3.8) is 0 Å². The lowest BCUT2D eigenvalue weighted by atomic mass is 10.1. The molecule has 166 valence electrons. The summed E-state index contributed by atoms with van der Waals surface area (Å²) in [7, 11) is 0. The summed E-state index contributed by atoms with van der Waals surface area (Å²) in [6.45, 7) is 2.37. The average Bonchev–Trinajstić information content (AvgIpc) is 2.83. The smallest absolute Gasteiger partial charge is 0.333 e. The molecule has 0 radical (unpaired) electrons. The Morgan fingerprint density at radius 2 is 1.52 bits per heavy atom. The molecule has 4 aromatic rings. The Morgan fingerprint density at radius 1 is 0.879 bits per heavy atom. The molecular weight excluding hydrogens is 424 g/mol. The van der Waals surface area contributed by atoms with Gasteiger partial charge >= 0.3 is 5.69 Å². The highest BCUT2D eigenvalue weighted by atomic mass is 16.5. The van der Waals surface area contributed by atoms with Gasteiger partial charge in [-0.3, -0.25) is 25.2 Å². The number of ether oxygens (including phenoxy) is 1. The highest BCUT2D eigenvalue weighted by molar-refractivity contribution is 6.00. The van der Waals surface area contributed by atoms with Crippen molar-refractivity contribution < 1.29 is 14.3 Å². The Morgan fingerprint density at radius 3 is 2.18 bits per heavy atom. The molecule has 33 heavy (non-hydrogen) atoms. The van der Waals surface area contributed by atoms with Crippen LogP contribution in [0.2, 0.25) is 0 Å². The Labute approximate surface area is 187 Å². The topological polar surface area (TPSA) is 122 Å². The number of aromatic amines is 1. The van der Waals surface area contributed by atoms with E-state index >= 15 is 0 Å². The quantitative estimate of drug-likeness (QED) is 0.407. The van der Waals surface area contributed by atoms with Crippen LogP contribution in [0.3, 0.4) is 0 Å². The minimum Gasteiger partial charge on any atom is -0.494 e. The number of aromatic nitrogens is 2. The number of H-pyrrole nitrogens is 1. The molecule has 3 N–H and O–H groups in total. The molecule has 3 aromatic carbocycles. The van der Waals surface area contributed by atoms with Crippen LogP contribution in [0.25, 0.3) is 16.6 Å². The van der Waals surface area contributed by atoms with Gasteiger partial charge in [0.25, 0.3) is 17.4 Å². The normalized spacial score (nSPS) is 10.6. The second-order valence-electron chi connectivity index (χ2n) is 7.03. The minimum atomic E-state index is -0.625. The maximum Gasteiger partial charge on any atom is 0.333 e. The standard InChI is InChI=1S/C24H20N4O5/c1-2-33-18-11-8-15(9-12-18)21(29)26-27-22(30)16-10-13-19-20(14-16)25-24(32)28(23(19)31)17-6-4-3-5-7-17/h3-14H,2H2,1H3,(H,25,32)(H,26,29)(H,27,30). The van der Waals surface area contributed by atoms with Crippen molar-refractivity contribution in [1.82, 2.24) is 20.4 Å². The first-order valence-electron chi connectivity index (χ1n) is 10.2. The number of fused-ring (bicyclic) bond motifs is 1. The molecule has 9 heteroatoms. The maximum atomic E-state index is 12.8. The monoisotopic (exact) mass is 444 g/mol. The third kappa shape index (κ3) is 4.52. The van der Waals surface area contributed by atoms with Gasteiger partial charge in [-0.25, -0.2) is 9.36 Å². The van der Waals surface area contributed by atoms with Crippen molar-refractivity contribution in [3.05, 3.63) is 105 Å². The van der Waals surface area contributed by atoms with Crippen molar-refractivity contribution in [2.75, 3.05) is 6.61 Å². The molecule has 0 aliphatic carbocycles. The number of para-hydroxylation sites is 1. The van der Waals surface area contributed by atoms with E-state index in [0.717, 1.165) is 4.57 Å². The van der Waals surface area contributed by atoms with Gasteiger partial charge in [-0.05, 0) is 61.5 Å². The highest BCUT2D eigenvalue weighted by Gasteiger charge is 2.13. The fraction of sp³-hybridized carbons (Fsp3) is 0.0833. The van der Waals surface area contributed by atoms with Crippen LogP contribution in [0.4, 0.5) is 0 Å². The van der Waals surface area contributed by atoms with Gasteiger partial charge in [-0.2, -0.15) is 0 Å². The predicted octanol–water partition coefficient (Wildman–Crippen LogP) is 2.15. The summed E-state index contributed by atoms with van der Waals surface area (Å²) < 4.78 is 6.36. The van der Waals surface area contributed by atoms with Crippen molar-refractivity contribution in [1.29, 1.82) is 0 Å². The van der Waals surface area contributed by atoms with Crippen molar-refractivity contribution in [2.24, 2.45) is 0 Å². The minimum absolute atomic E-state index is 0.155. The van der Waals surface area contributed by atoms with Crippen LogP contribution < -0.4 is 26.8 Å². The molecule has 0 aliphatic rings. The molecule has 2 amide bonds. The van der Waals surface area contributed by atoms with Gasteiger partial charge in [-0.1, -0.05) is 18.2 Å². The lowest BCUT2D eigenvalue weighted by molar-refractivity contribution is 0.0846. The van der Waals surface area contributed by atoms with Gasteiger partial charge in [0, 0.05) is 11.1 Å². The van der Waals surface area contributed by atoms with E-state index in [1.165, 1.54) is 18.2 Å². The summed E-state index contributed by atoms with van der Waals surface area (Å²) >= 11 is 0. The molecule has 1 aromatic heterocycles. The van der Waals surface area contributed by atoms with Crippen molar-refractivity contribution >= 4 is 22.7 Å². The SMILES string of the molecule is CCOc1ccc(C(=O)NNC(=O)c2ccc3c(=O)n(-c4ccccc4)c(=O)[nH]c3c2)cc1. The Hall–Kier alpha value is -4.66. The molecule has 0 saturated heterocycles. The van der Waals surface area contributed by atoms with Crippen LogP contribution in [-0.2, 0) is 0 Å². The fourth-order valence-electron chi connectivity index (χ4n) is 3.30. The molecule has 0 spiro atoms. The molecular formula is C24H20N4O5. The Bertz CT molecular complexity index is 1440. The number of rotatable bonds is 5. The van der Waals surface area contributed by atoms with Crippen LogP contribution >= 0.6 is 0 Å². The van der Waals surface area contributed by atoms with Gasteiger partial charge in [0.15, 0.2) is 0 Å². The lowest BCUT2D eigenvalue weighted by Gasteiger charge is -2.10. The number of amides is 2. The van der Waals surface area contributed by atoms with Crippen LogP contribution in [-0.4, -0.2) is 28.0 Å². The first-order valence-corrected chi connectivity index (χ1v) is 10.2. The first kappa shape index (κ1) is 21.6. The number of hydrogen-bond acceptors (Lipinski definition) is 5. The number of nitrogens with one attached hydrogen (secondary N) is 3. The van der Waals surface area contributed by atoms with Gasteiger partial charge in [0.1, 0.15) is 5.75 Å². The molecule has 9 nitrogen and oxygen atoms in total. The Kier molecular flexibility index (Phi) is 6.03. The van der Waals surface area contributed by atoms with Gasteiger partial charge in [-0.15, -0.1) is 0 Å². The van der Waals surface area contributed by atoms with Crippen molar-refractivity contribution in [3.8, 4) is 11.4 Å². The molecule has 0 aliphatic heterocycles. The van der Waals surface area contributed by atoms with Gasteiger partial charge < -0.3 is 9.72 Å². The largest absolute Gasteiger partial charge is 0.494 e. The van der Waals surface area contributed by atoms with E-state index in [4.69, 9.17) is 4.74 Å². The lowest BCUT2D eigenvalue weighted by Crippen LogP contribution is -2.41. The van der Waals surface area contributed by atoms with Crippen LogP contribution in [0.1, 0.15) is 27.6 Å². The number of hydrogen-bond donors (Lipinski definition) is 3. The molecule has 4 rings (SSSR count). The van der Waals surface area contributed by atoms with Crippen molar-refractivity contribution in [2.45, 2.75) is 6.92 Å². The van der Waals surface area contributed by atoms with E-state index in [1.54, 1.807) is 54.6 Å². The van der Waals surface area contributed by atoms with Gasteiger partial charge in [0.2, 0.25) is 0 Å². The van der Waals surface area contributed by atoms with E-state index in [-0.39, 0.29) is 16.5 Å². The van der Waals surface area contributed by atoms with Crippen LogP contribution in [0.5, 0.6) is 5.75 Å². The summed E-state index contributed by atoms with van der Waals surface area (Å²) in [5.41, 5.74) is 4.66. The second kappa shape index (κ2) is 9.23. The summed E-state index contributed by atoms with van der Waals surface area (Å²) in [5.74, 6) is -0.481. The van der Waals surface area contributed by atoms with Crippen LogP contribution in [0, 0.1) is 0 Å². The summed E-state index contributed by atoms with van der Waals surface area (Å²) in [6, 6.07) is 19.3. The van der Waals surface area contributed by atoms with E-state index in [0.29, 0.717) is 23.6 Å². The van der Waals surface area contributed by atoms with Crippen LogP contribution in [0.15, 0.2) is 82.4 Å². The maximum absolute atomic E-state index is 12.8. The van der Waals surface area contributed by atoms with E-state index in [9.17, 15) is 19.2 Å². The molecule has 1 heterocycles. The number of hydrazine groups is 1. The molecule has 0 bridgehead atoms. The summed E-state index contributed by atoms with van der Waals surface area (Å²) in [6.07, 6.45) is 0. The predicted molar refractivity (Wildman–Crippen MR) is 123 cm³/mol. The third-order valence-electron chi connectivity index (χ3n) is 4.89. The molecule has 0 saturated carbocycles. The number of nitrogens with zero attached hydrogens (tertiary/aromatic N) is 1. The zero-order valence-corrected chi connectivity index (χ0v) is 17.6. The van der Waals surface area contributed by atoms with E-state index in [2.05, 4.69) is 15.8 Å². The fourth-order valence-corrected chi connectivity index (χ4v) is 3.30. The zero-order valence-electron chi connectivity index (χ0n) is 17.6. The van der Waals surface area contributed by atoms with Gasteiger partial charge in [0.05, 0.1) is 23.2 Å². The Balaban J connectivity index is 1.52. The molecule has 0 atom stereocenters. The number of carbonyl (C=O) groups is 2. The molecule has 0 unspecified atom stereocenters. The first-order chi connectivity index (χ1) is 16.0. The third-order valence-corrected chi connectivity index (χ3v) is 4.89. The second-order valence-corrected chi connectivity index (χ2v) is 7.03. The van der Waals surface area contributed by atoms with E-state index < -0.39 is 23.1 Å². The van der Waals surface area contributed by atoms with E-state index in [1.807, 2.05) is 6.92 Å². The zero-order chi connectivity index (χ0) is 23.4. The number of benzene rings is 3. The molecule has 0 fully saturated rings. The summed E-state index contributed by atoms with van der Waals surface area (Å²) in [4.78, 5) is 52.8. The average molecular weight is 444 g/mol.